The van der Waals surface area contributed by atoms with Crippen LogP contribution in [-0.2, 0) is 4.79 Å². The third kappa shape index (κ3) is 26.9. The average molecular weight is 391 g/mol. The molecule has 0 aliphatic rings. The standard InChI is InChI=1S/C16H33Br.C4H6O2/c1-2-3-4-5-6-7-8-9-10-11-12-13-14-15-16-17;1-3(2)4(5)6/h2-16H2,1H3;1H2,2H3,(H,5,6). The summed E-state index contributed by atoms with van der Waals surface area (Å²) < 4.78 is 0. The molecule has 0 fully saturated rings. The Bertz CT molecular complexity index is 238. The number of carboxylic acids is 1. The fourth-order valence-electron chi connectivity index (χ4n) is 2.29. The zero-order valence-electron chi connectivity index (χ0n) is 15.5. The van der Waals surface area contributed by atoms with E-state index in [1.807, 2.05) is 0 Å². The lowest BCUT2D eigenvalue weighted by Gasteiger charge is -2.02. The second-order valence-corrected chi connectivity index (χ2v) is 7.16. The van der Waals surface area contributed by atoms with Crippen molar-refractivity contribution in [1.82, 2.24) is 0 Å². The van der Waals surface area contributed by atoms with Crippen molar-refractivity contribution in [2.45, 2.75) is 104 Å². The normalized spacial score (nSPS) is 10.0. The summed E-state index contributed by atoms with van der Waals surface area (Å²) in [4.78, 5) is 9.60. The predicted molar refractivity (Wildman–Crippen MR) is 107 cm³/mol. The summed E-state index contributed by atoms with van der Waals surface area (Å²) in [5, 5.41) is 9.08. The molecule has 0 heterocycles. The molecular weight excluding hydrogens is 352 g/mol. The van der Waals surface area contributed by atoms with E-state index in [1.54, 1.807) is 0 Å². The van der Waals surface area contributed by atoms with Gasteiger partial charge in [0.1, 0.15) is 0 Å². The summed E-state index contributed by atoms with van der Waals surface area (Å²) in [6.07, 6.45) is 20.3. The molecule has 23 heavy (non-hydrogen) atoms. The summed E-state index contributed by atoms with van der Waals surface area (Å²) in [6, 6.07) is 0. The second-order valence-electron chi connectivity index (χ2n) is 6.37. The molecule has 0 aromatic rings. The highest BCUT2D eigenvalue weighted by atomic mass is 79.9. The Hall–Kier alpha value is -0.310. The highest BCUT2D eigenvalue weighted by Crippen LogP contribution is 2.12. The van der Waals surface area contributed by atoms with E-state index in [2.05, 4.69) is 29.4 Å². The number of halogens is 1. The van der Waals surface area contributed by atoms with Gasteiger partial charge in [0, 0.05) is 10.9 Å². The summed E-state index contributed by atoms with van der Waals surface area (Å²) in [7, 11) is 0. The van der Waals surface area contributed by atoms with Crippen LogP contribution in [0.1, 0.15) is 104 Å². The molecule has 0 aromatic heterocycles. The van der Waals surface area contributed by atoms with Gasteiger partial charge in [-0.15, -0.1) is 0 Å². The van der Waals surface area contributed by atoms with Gasteiger partial charge < -0.3 is 5.11 Å². The van der Waals surface area contributed by atoms with E-state index < -0.39 is 5.97 Å². The van der Waals surface area contributed by atoms with Crippen LogP contribution >= 0.6 is 15.9 Å². The molecule has 0 saturated carbocycles. The van der Waals surface area contributed by atoms with Crippen LogP contribution in [0, 0.1) is 0 Å². The Morgan fingerprint density at radius 2 is 1.04 bits per heavy atom. The molecular formula is C20H39BrO2. The van der Waals surface area contributed by atoms with Gasteiger partial charge in [-0.25, -0.2) is 4.79 Å². The molecule has 0 aromatic carbocycles. The van der Waals surface area contributed by atoms with E-state index in [9.17, 15) is 4.79 Å². The van der Waals surface area contributed by atoms with E-state index in [0.29, 0.717) is 0 Å². The summed E-state index contributed by atoms with van der Waals surface area (Å²) in [5.41, 5.74) is 0.176. The van der Waals surface area contributed by atoms with Gasteiger partial charge in [0.25, 0.3) is 0 Å². The van der Waals surface area contributed by atoms with Crippen LogP contribution in [0.15, 0.2) is 12.2 Å². The van der Waals surface area contributed by atoms with E-state index in [1.165, 1.54) is 102 Å². The van der Waals surface area contributed by atoms with Crippen LogP contribution in [0.2, 0.25) is 0 Å². The van der Waals surface area contributed by atoms with E-state index in [0.717, 1.165) is 0 Å². The Balaban J connectivity index is 0. The Labute approximate surface area is 153 Å². The van der Waals surface area contributed by atoms with Gasteiger partial charge in [0.05, 0.1) is 0 Å². The van der Waals surface area contributed by atoms with E-state index in [4.69, 9.17) is 5.11 Å². The minimum absolute atomic E-state index is 0.176. The van der Waals surface area contributed by atoms with E-state index >= 15 is 0 Å². The molecule has 0 unspecified atom stereocenters. The Morgan fingerprint density at radius 1 is 0.783 bits per heavy atom. The van der Waals surface area contributed by atoms with E-state index in [-0.39, 0.29) is 5.57 Å². The largest absolute Gasteiger partial charge is 0.478 e. The number of aliphatic carboxylic acids is 1. The van der Waals surface area contributed by atoms with Crippen LogP contribution in [0.5, 0.6) is 0 Å². The van der Waals surface area contributed by atoms with Gasteiger partial charge in [-0.05, 0) is 13.3 Å². The monoisotopic (exact) mass is 390 g/mol. The third-order valence-electron chi connectivity index (χ3n) is 3.85. The first-order valence-corrected chi connectivity index (χ1v) is 10.6. The smallest absolute Gasteiger partial charge is 0.330 e. The van der Waals surface area contributed by atoms with Gasteiger partial charge in [-0.3, -0.25) is 0 Å². The van der Waals surface area contributed by atoms with Gasteiger partial charge in [0.2, 0.25) is 0 Å². The number of hydrogen-bond acceptors (Lipinski definition) is 1. The summed E-state index contributed by atoms with van der Waals surface area (Å²) >= 11 is 3.48. The molecule has 0 spiro atoms. The fraction of sp³-hybridized carbons (Fsp3) is 0.850. The topological polar surface area (TPSA) is 37.3 Å². The highest BCUT2D eigenvalue weighted by molar-refractivity contribution is 9.09. The number of carbonyl (C=O) groups is 1. The highest BCUT2D eigenvalue weighted by Gasteiger charge is 1.93. The van der Waals surface area contributed by atoms with Crippen molar-refractivity contribution in [2.24, 2.45) is 0 Å². The molecule has 1 N–H and O–H groups in total. The van der Waals surface area contributed by atoms with Gasteiger partial charge in [-0.1, -0.05) is 113 Å². The average Bonchev–Trinajstić information content (AvgIpc) is 2.52. The lowest BCUT2D eigenvalue weighted by Crippen LogP contribution is -1.92. The molecule has 0 rings (SSSR count). The lowest BCUT2D eigenvalue weighted by atomic mass is 10.0. The molecule has 0 aliphatic heterocycles. The molecule has 0 radical (unpaired) electrons. The quantitative estimate of drug-likeness (QED) is 0.178. The molecule has 138 valence electrons. The Morgan fingerprint density at radius 3 is 1.26 bits per heavy atom. The van der Waals surface area contributed by atoms with Crippen molar-refractivity contribution in [2.75, 3.05) is 5.33 Å². The molecule has 2 nitrogen and oxygen atoms in total. The van der Waals surface area contributed by atoms with Crippen LogP contribution in [0.3, 0.4) is 0 Å². The molecule has 0 bridgehead atoms. The summed E-state index contributed by atoms with van der Waals surface area (Å²) in [6.45, 7) is 6.89. The van der Waals surface area contributed by atoms with Crippen molar-refractivity contribution < 1.29 is 9.90 Å². The first kappa shape index (κ1) is 24.9. The molecule has 3 heteroatoms. The number of hydrogen-bond donors (Lipinski definition) is 1. The van der Waals surface area contributed by atoms with Crippen LogP contribution in [0.4, 0.5) is 0 Å². The van der Waals surface area contributed by atoms with Crippen LogP contribution in [-0.4, -0.2) is 16.4 Å². The van der Waals surface area contributed by atoms with Crippen molar-refractivity contribution in [3.8, 4) is 0 Å². The first-order valence-electron chi connectivity index (χ1n) is 9.51. The summed E-state index contributed by atoms with van der Waals surface area (Å²) in [5.74, 6) is -0.935. The minimum Gasteiger partial charge on any atom is -0.478 e. The number of alkyl halides is 1. The van der Waals surface area contributed by atoms with Crippen molar-refractivity contribution in [3.63, 3.8) is 0 Å². The second kappa shape index (κ2) is 21.7. The number of carboxylic acid groups (broad SMARTS) is 1. The SMILES string of the molecule is C=C(C)C(=O)O.CCCCCCCCCCCCCCCCBr. The van der Waals surface area contributed by atoms with Crippen molar-refractivity contribution in [3.05, 3.63) is 12.2 Å². The molecule has 0 aliphatic carbocycles. The number of unbranched alkanes of at least 4 members (excludes halogenated alkanes) is 13. The number of rotatable bonds is 15. The van der Waals surface area contributed by atoms with Gasteiger partial charge in [-0.2, -0.15) is 0 Å². The van der Waals surface area contributed by atoms with Crippen LogP contribution in [0.25, 0.3) is 0 Å². The maximum Gasteiger partial charge on any atom is 0.330 e. The molecule has 0 saturated heterocycles. The van der Waals surface area contributed by atoms with Crippen molar-refractivity contribution in [1.29, 1.82) is 0 Å². The third-order valence-corrected chi connectivity index (χ3v) is 4.41. The predicted octanol–water partition coefficient (Wildman–Crippen LogP) is 7.51. The fourth-order valence-corrected chi connectivity index (χ4v) is 2.69. The van der Waals surface area contributed by atoms with Gasteiger partial charge >= 0.3 is 5.97 Å². The minimum atomic E-state index is -0.935. The zero-order valence-corrected chi connectivity index (χ0v) is 17.1. The maximum absolute atomic E-state index is 9.60. The lowest BCUT2D eigenvalue weighted by molar-refractivity contribution is -0.132. The maximum atomic E-state index is 9.60. The molecule has 0 atom stereocenters. The Kier molecular flexibility index (Phi) is 23.5. The zero-order chi connectivity index (χ0) is 17.8. The van der Waals surface area contributed by atoms with Crippen LogP contribution < -0.4 is 0 Å². The van der Waals surface area contributed by atoms with Crippen molar-refractivity contribution >= 4 is 21.9 Å². The molecule has 0 amide bonds. The first-order chi connectivity index (χ1) is 11.1. The van der Waals surface area contributed by atoms with Gasteiger partial charge in [0.15, 0.2) is 0 Å².